The van der Waals surface area contributed by atoms with Gasteiger partial charge in [0.1, 0.15) is 6.54 Å². The first-order valence-corrected chi connectivity index (χ1v) is 12.5. The van der Waals surface area contributed by atoms with Gasteiger partial charge in [-0.25, -0.2) is 4.57 Å². The Morgan fingerprint density at radius 2 is 1.81 bits per heavy atom. The summed E-state index contributed by atoms with van der Waals surface area (Å²) >= 11 is 0. The molecule has 0 saturated heterocycles. The van der Waals surface area contributed by atoms with E-state index in [0.29, 0.717) is 10.1 Å². The first-order valence-electron chi connectivity index (χ1n) is 11.0. The van der Waals surface area contributed by atoms with Crippen LogP contribution in [0, 0.1) is 5.41 Å². The second kappa shape index (κ2) is 11.5. The molecule has 180 valence electrons. The van der Waals surface area contributed by atoms with Crippen LogP contribution in [0.15, 0.2) is 58.7 Å². The number of nitrogens with zero attached hydrogens (tertiary/aromatic N) is 1. The number of carbonyl (C=O) groups excluding carboxylic acids is 1. The van der Waals surface area contributed by atoms with Gasteiger partial charge in [-0.2, -0.15) is 0 Å². The Bertz CT molecular complexity index is 878. The molecule has 0 radical (unpaired) electrons. The second-order valence-electron chi connectivity index (χ2n) is 10.4. The van der Waals surface area contributed by atoms with Crippen molar-refractivity contribution in [1.82, 2.24) is 0 Å². The lowest BCUT2D eigenvalue weighted by atomic mass is 9.72. The van der Waals surface area contributed by atoms with Gasteiger partial charge in [-0.05, 0) is 62.7 Å². The molecule has 6 nitrogen and oxygen atoms in total. The highest BCUT2D eigenvalue weighted by atomic mass is 31.2. The summed E-state index contributed by atoms with van der Waals surface area (Å²) in [5, 5.41) is 0. The van der Waals surface area contributed by atoms with E-state index in [0.717, 1.165) is 12.0 Å². The van der Waals surface area contributed by atoms with Gasteiger partial charge < -0.3 is 14.3 Å². The maximum Gasteiger partial charge on any atom is 0.470 e. The molecule has 0 amide bonds. The summed E-state index contributed by atoms with van der Waals surface area (Å²) in [5.74, 6) is -0.467. The first-order chi connectivity index (χ1) is 14.5. The molecule has 0 heterocycles. The second-order valence-corrected chi connectivity index (χ2v) is 11.6. The van der Waals surface area contributed by atoms with Crippen LogP contribution in [0.1, 0.15) is 53.9 Å². The van der Waals surface area contributed by atoms with Crippen LogP contribution in [0.4, 0.5) is 0 Å². The lowest BCUT2D eigenvalue weighted by Crippen LogP contribution is -2.44. The van der Waals surface area contributed by atoms with Crippen LogP contribution in [0.25, 0.3) is 0 Å². The zero-order valence-corrected chi connectivity index (χ0v) is 21.8. The van der Waals surface area contributed by atoms with Crippen molar-refractivity contribution in [1.29, 1.82) is 0 Å². The lowest BCUT2D eigenvalue weighted by molar-refractivity contribution is -0.872. The van der Waals surface area contributed by atoms with Crippen LogP contribution in [-0.4, -0.2) is 53.8 Å². The standard InChI is InChI=1S/C25H40NO5P/c1-19(14-15-22-21(3)13-10-16-25(22,4)5)11-9-12-20(2)17-23(27)24(18-26(6,7)8)31-32(28,29)30/h9,11-12,14-15,17,24H,10,13,16,18H2,1-8H3,(H-,28,29,30)/p+1/b12-9+,15-14+,19-11+,20-17+. The maximum absolute atomic E-state index is 12.6. The zero-order valence-electron chi connectivity index (χ0n) is 20.9. The number of ketones is 1. The van der Waals surface area contributed by atoms with Gasteiger partial charge in [0.15, 0.2) is 11.9 Å². The van der Waals surface area contributed by atoms with Crippen molar-refractivity contribution >= 4 is 13.6 Å². The molecule has 0 fully saturated rings. The van der Waals surface area contributed by atoms with Gasteiger partial charge in [0, 0.05) is 0 Å². The summed E-state index contributed by atoms with van der Waals surface area (Å²) in [6, 6.07) is 0. The van der Waals surface area contributed by atoms with E-state index >= 15 is 0 Å². The van der Waals surface area contributed by atoms with E-state index in [1.165, 1.54) is 30.1 Å². The average molecular weight is 467 g/mol. The summed E-state index contributed by atoms with van der Waals surface area (Å²) < 4.78 is 16.3. The number of hydrogen-bond donors (Lipinski definition) is 2. The molecule has 7 heteroatoms. The molecule has 0 bridgehead atoms. The normalized spacial score (nSPS) is 19.8. The van der Waals surface area contributed by atoms with E-state index < -0.39 is 19.7 Å². The van der Waals surface area contributed by atoms with Crippen molar-refractivity contribution in [2.24, 2.45) is 5.41 Å². The number of carbonyl (C=O) groups is 1. The molecular weight excluding hydrogens is 425 g/mol. The van der Waals surface area contributed by atoms with Crippen LogP contribution in [0.3, 0.4) is 0 Å². The number of phosphoric ester groups is 1. The highest BCUT2D eigenvalue weighted by Crippen LogP contribution is 2.41. The smallest absolute Gasteiger partial charge is 0.328 e. The molecule has 0 saturated carbocycles. The van der Waals surface area contributed by atoms with Crippen molar-refractivity contribution in [3.8, 4) is 0 Å². The van der Waals surface area contributed by atoms with Gasteiger partial charge in [0.05, 0.1) is 21.1 Å². The number of allylic oxidation sites excluding steroid dienone is 9. The fourth-order valence-corrected chi connectivity index (χ4v) is 4.34. The van der Waals surface area contributed by atoms with E-state index in [1.54, 1.807) is 13.0 Å². The number of rotatable bonds is 10. The molecule has 1 unspecified atom stereocenters. The minimum Gasteiger partial charge on any atom is -0.328 e. The van der Waals surface area contributed by atoms with E-state index in [1.807, 2.05) is 40.2 Å². The summed E-state index contributed by atoms with van der Waals surface area (Å²) in [4.78, 5) is 30.8. The number of phosphoric acid groups is 1. The molecular formula is C25H41NO5P+. The predicted molar refractivity (Wildman–Crippen MR) is 131 cm³/mol. The summed E-state index contributed by atoms with van der Waals surface area (Å²) in [5.41, 5.74) is 4.84. The Balaban J connectivity index is 2.89. The van der Waals surface area contributed by atoms with Crippen LogP contribution in [0.2, 0.25) is 0 Å². The van der Waals surface area contributed by atoms with Gasteiger partial charge in [0.2, 0.25) is 0 Å². The summed E-state index contributed by atoms with van der Waals surface area (Å²) in [6.07, 6.45) is 13.7. The Morgan fingerprint density at radius 3 is 2.34 bits per heavy atom. The van der Waals surface area contributed by atoms with Gasteiger partial charge in [-0.1, -0.05) is 55.4 Å². The minimum absolute atomic E-state index is 0.146. The highest BCUT2D eigenvalue weighted by Gasteiger charge is 2.31. The third kappa shape index (κ3) is 10.8. The molecule has 0 aromatic rings. The highest BCUT2D eigenvalue weighted by molar-refractivity contribution is 7.46. The third-order valence-corrected chi connectivity index (χ3v) is 5.97. The molecule has 0 spiro atoms. The number of hydrogen-bond acceptors (Lipinski definition) is 3. The van der Waals surface area contributed by atoms with Crippen molar-refractivity contribution in [2.75, 3.05) is 27.7 Å². The number of likely N-dealkylation sites (N-methyl/N-ethyl adjacent to an activating group) is 1. The van der Waals surface area contributed by atoms with E-state index in [-0.39, 0.29) is 12.0 Å². The Morgan fingerprint density at radius 1 is 1.19 bits per heavy atom. The Hall–Kier alpha value is -1.56. The van der Waals surface area contributed by atoms with Crippen molar-refractivity contribution in [3.05, 3.63) is 58.7 Å². The fourth-order valence-electron chi connectivity index (χ4n) is 3.84. The van der Waals surface area contributed by atoms with Crippen molar-refractivity contribution in [2.45, 2.75) is 60.0 Å². The van der Waals surface area contributed by atoms with Gasteiger partial charge in [-0.3, -0.25) is 9.32 Å². The molecule has 0 aliphatic heterocycles. The minimum atomic E-state index is -4.77. The number of quaternary nitrogens is 1. The quantitative estimate of drug-likeness (QED) is 0.198. The molecule has 32 heavy (non-hydrogen) atoms. The van der Waals surface area contributed by atoms with Crippen LogP contribution in [-0.2, 0) is 13.9 Å². The Kier molecular flexibility index (Phi) is 10.3. The zero-order chi connectivity index (χ0) is 24.7. The van der Waals surface area contributed by atoms with Crippen LogP contribution < -0.4 is 0 Å². The molecule has 1 aliphatic carbocycles. The van der Waals surface area contributed by atoms with Crippen molar-refractivity contribution < 1.29 is 28.2 Å². The average Bonchev–Trinajstić information content (AvgIpc) is 2.57. The lowest BCUT2D eigenvalue weighted by Gasteiger charge is -2.32. The van der Waals surface area contributed by atoms with Gasteiger partial charge in [-0.15, -0.1) is 0 Å². The van der Waals surface area contributed by atoms with Crippen LogP contribution >= 0.6 is 7.82 Å². The topological polar surface area (TPSA) is 83.8 Å². The third-order valence-electron chi connectivity index (χ3n) is 5.44. The van der Waals surface area contributed by atoms with Gasteiger partial charge in [0.25, 0.3) is 0 Å². The summed E-state index contributed by atoms with van der Waals surface area (Å²) in [6.45, 7) is 10.7. The maximum atomic E-state index is 12.6. The largest absolute Gasteiger partial charge is 0.470 e. The van der Waals surface area contributed by atoms with E-state index in [4.69, 9.17) is 14.3 Å². The van der Waals surface area contributed by atoms with E-state index in [9.17, 15) is 9.36 Å². The van der Waals surface area contributed by atoms with E-state index in [2.05, 4.69) is 32.9 Å². The van der Waals surface area contributed by atoms with Crippen LogP contribution in [0.5, 0.6) is 0 Å². The molecule has 1 rings (SSSR count). The molecule has 2 N–H and O–H groups in total. The first kappa shape index (κ1) is 28.5. The van der Waals surface area contributed by atoms with Gasteiger partial charge >= 0.3 is 7.82 Å². The SMILES string of the molecule is CC1=C(/C=C/C(C)=C/C=C/C(C)=C/C(=O)C(C[N+](C)(C)C)OP(=O)(O)O)C(C)(C)CCC1. The molecule has 1 aliphatic rings. The Labute approximate surface area is 193 Å². The molecule has 0 aromatic carbocycles. The summed E-state index contributed by atoms with van der Waals surface area (Å²) in [7, 11) is 0.707. The monoisotopic (exact) mass is 466 g/mol. The molecule has 1 atom stereocenters. The fraction of sp³-hybridized carbons (Fsp3) is 0.560. The predicted octanol–water partition coefficient (Wildman–Crippen LogP) is 5.27. The molecule has 0 aromatic heterocycles. The van der Waals surface area contributed by atoms with Crippen molar-refractivity contribution in [3.63, 3.8) is 0 Å².